The van der Waals surface area contributed by atoms with Crippen molar-refractivity contribution in [3.8, 4) is 51.0 Å². The molecule has 0 aliphatic heterocycles. The molecule has 0 unspecified atom stereocenters. The molecule has 10 aromatic carbocycles. The third-order valence-electron chi connectivity index (χ3n) is 12.8. The number of hydrogen-bond donors (Lipinski definition) is 0. The molecule has 0 atom stereocenters. The maximum Gasteiger partial charge on any atom is 0.166 e. The van der Waals surface area contributed by atoms with Crippen molar-refractivity contribution in [2.24, 2.45) is 0 Å². The Morgan fingerprint density at radius 3 is 1.52 bits per heavy atom. The molecular weight excluding hydrogens is 773 g/mol. The number of furan rings is 2. The van der Waals surface area contributed by atoms with Gasteiger partial charge >= 0.3 is 0 Å². The standard InChI is InChI=1S/C57H32N4O2/c1-2-13-33(14-3-1)34-27-29-35(30-28-34)55-58-56(42-21-12-26-50-52(42)41-18-7-9-25-49(41)62-50)60-57(59-55)44-31-43-38-17-6-8-24-48(38)63-51(43)32-47(44)61-45-22-10-19-39-36-15-4-5-16-37(36)40-20-11-23-46(61)54(40)53(39)45/h1-32H. The first-order valence-electron chi connectivity index (χ1n) is 21.2. The number of hydrogen-bond acceptors (Lipinski definition) is 5. The molecule has 6 nitrogen and oxygen atoms in total. The molecule has 0 spiro atoms. The Morgan fingerprint density at radius 2 is 0.810 bits per heavy atom. The van der Waals surface area contributed by atoms with Crippen LogP contribution in [0.4, 0.5) is 0 Å². The molecule has 0 bridgehead atoms. The number of benzene rings is 10. The minimum atomic E-state index is 0.551. The van der Waals surface area contributed by atoms with E-state index in [1.165, 1.54) is 32.3 Å². The van der Waals surface area contributed by atoms with Gasteiger partial charge in [0.15, 0.2) is 17.5 Å². The van der Waals surface area contributed by atoms with Gasteiger partial charge in [-0.2, -0.15) is 0 Å². The van der Waals surface area contributed by atoms with Crippen LogP contribution >= 0.6 is 0 Å². The predicted molar refractivity (Wildman–Crippen MR) is 257 cm³/mol. The van der Waals surface area contributed by atoms with E-state index in [1.807, 2.05) is 48.5 Å². The van der Waals surface area contributed by atoms with Crippen molar-refractivity contribution < 1.29 is 8.83 Å². The van der Waals surface area contributed by atoms with Crippen molar-refractivity contribution >= 4 is 87.2 Å². The van der Waals surface area contributed by atoms with E-state index in [-0.39, 0.29) is 0 Å². The van der Waals surface area contributed by atoms with Gasteiger partial charge in [-0.15, -0.1) is 0 Å². The minimum Gasteiger partial charge on any atom is -0.456 e. The van der Waals surface area contributed by atoms with Crippen LogP contribution in [-0.2, 0) is 0 Å². The topological polar surface area (TPSA) is 69.9 Å². The lowest BCUT2D eigenvalue weighted by Gasteiger charge is -2.15. The van der Waals surface area contributed by atoms with Gasteiger partial charge in [0, 0.05) is 55.1 Å². The molecule has 0 amide bonds. The fourth-order valence-corrected chi connectivity index (χ4v) is 10.0. The first kappa shape index (κ1) is 34.1. The van der Waals surface area contributed by atoms with Crippen molar-refractivity contribution in [1.82, 2.24) is 19.5 Å². The van der Waals surface area contributed by atoms with Crippen LogP contribution in [-0.4, -0.2) is 19.5 Å². The normalized spacial score (nSPS) is 12.1. The van der Waals surface area contributed by atoms with Gasteiger partial charge in [0.05, 0.1) is 16.7 Å². The quantitative estimate of drug-likeness (QED) is 0.162. The van der Waals surface area contributed by atoms with Crippen LogP contribution in [0.3, 0.4) is 0 Å². The summed E-state index contributed by atoms with van der Waals surface area (Å²) in [5.41, 5.74) is 11.2. The van der Waals surface area contributed by atoms with Crippen molar-refractivity contribution in [2.45, 2.75) is 0 Å². The summed E-state index contributed by atoms with van der Waals surface area (Å²) in [7, 11) is 0. The fourth-order valence-electron chi connectivity index (χ4n) is 10.0. The van der Waals surface area contributed by atoms with E-state index >= 15 is 0 Å². The Hall–Kier alpha value is -8.61. The van der Waals surface area contributed by atoms with Crippen molar-refractivity contribution in [3.63, 3.8) is 0 Å². The van der Waals surface area contributed by atoms with E-state index < -0.39 is 0 Å². The van der Waals surface area contributed by atoms with Gasteiger partial charge in [-0.05, 0) is 69.1 Å². The molecule has 63 heavy (non-hydrogen) atoms. The Kier molecular flexibility index (Phi) is 7.02. The van der Waals surface area contributed by atoms with Crippen molar-refractivity contribution in [1.29, 1.82) is 0 Å². The molecule has 4 aromatic heterocycles. The van der Waals surface area contributed by atoms with E-state index in [2.05, 4.69) is 150 Å². The zero-order valence-electron chi connectivity index (χ0n) is 33.6. The smallest absolute Gasteiger partial charge is 0.166 e. The van der Waals surface area contributed by atoms with Crippen LogP contribution in [0, 0.1) is 0 Å². The molecule has 0 saturated heterocycles. The summed E-state index contributed by atoms with van der Waals surface area (Å²) in [6, 6.07) is 67.8. The Balaban J connectivity index is 1.10. The summed E-state index contributed by atoms with van der Waals surface area (Å²) >= 11 is 0. The van der Waals surface area contributed by atoms with E-state index in [9.17, 15) is 0 Å². The molecule has 0 N–H and O–H groups in total. The van der Waals surface area contributed by atoms with Crippen LogP contribution in [0.1, 0.15) is 0 Å². The molecule has 0 saturated carbocycles. The second kappa shape index (κ2) is 12.9. The van der Waals surface area contributed by atoms with Gasteiger partial charge in [-0.3, -0.25) is 0 Å². The van der Waals surface area contributed by atoms with Gasteiger partial charge < -0.3 is 13.4 Å². The van der Waals surface area contributed by atoms with Gasteiger partial charge in [0.2, 0.25) is 0 Å². The van der Waals surface area contributed by atoms with Gasteiger partial charge in [-0.1, -0.05) is 152 Å². The summed E-state index contributed by atoms with van der Waals surface area (Å²) in [6.45, 7) is 0. The maximum atomic E-state index is 6.65. The van der Waals surface area contributed by atoms with Crippen LogP contribution in [0.15, 0.2) is 203 Å². The molecule has 14 rings (SSSR count). The van der Waals surface area contributed by atoms with E-state index in [0.29, 0.717) is 17.5 Å². The second-order valence-electron chi connectivity index (χ2n) is 16.3. The van der Waals surface area contributed by atoms with E-state index in [1.54, 1.807) is 0 Å². The van der Waals surface area contributed by atoms with Crippen LogP contribution in [0.5, 0.6) is 0 Å². The molecule has 292 valence electrons. The van der Waals surface area contributed by atoms with Crippen LogP contribution in [0.25, 0.3) is 138 Å². The highest BCUT2D eigenvalue weighted by Gasteiger charge is 2.25. The van der Waals surface area contributed by atoms with E-state index in [0.717, 1.165) is 88.4 Å². The average Bonchev–Trinajstić information content (AvgIpc) is 4.03. The van der Waals surface area contributed by atoms with Crippen molar-refractivity contribution in [3.05, 3.63) is 194 Å². The van der Waals surface area contributed by atoms with Gasteiger partial charge in [0.25, 0.3) is 0 Å². The van der Waals surface area contributed by atoms with E-state index in [4.69, 9.17) is 23.8 Å². The number of aromatic nitrogens is 4. The molecule has 0 fully saturated rings. The molecule has 4 heterocycles. The average molecular weight is 805 g/mol. The molecule has 0 aliphatic rings. The monoisotopic (exact) mass is 804 g/mol. The summed E-state index contributed by atoms with van der Waals surface area (Å²) < 4.78 is 15.4. The number of nitrogens with zero attached hydrogens (tertiary/aromatic N) is 4. The Morgan fingerprint density at radius 1 is 0.302 bits per heavy atom. The summed E-state index contributed by atoms with van der Waals surface area (Å²) in [5, 5.41) is 11.4. The molecular formula is C57H32N4O2. The lowest BCUT2D eigenvalue weighted by molar-refractivity contribution is 0.668. The Bertz CT molecular complexity index is 4050. The first-order valence-corrected chi connectivity index (χ1v) is 21.2. The molecule has 14 aromatic rings. The first-order chi connectivity index (χ1) is 31.2. The number of para-hydroxylation sites is 2. The van der Waals surface area contributed by atoms with Gasteiger partial charge in [-0.25, -0.2) is 15.0 Å². The highest BCUT2D eigenvalue weighted by molar-refractivity contribution is 6.34. The molecule has 0 radical (unpaired) electrons. The number of fused-ring (bicyclic) bond motifs is 9. The third kappa shape index (κ3) is 4.97. The minimum absolute atomic E-state index is 0.551. The molecule has 0 aliphatic carbocycles. The summed E-state index contributed by atoms with van der Waals surface area (Å²) in [5.74, 6) is 1.68. The van der Waals surface area contributed by atoms with Crippen molar-refractivity contribution in [2.75, 3.05) is 0 Å². The third-order valence-corrected chi connectivity index (χ3v) is 12.8. The highest BCUT2D eigenvalue weighted by Crippen LogP contribution is 2.46. The maximum absolute atomic E-state index is 6.65. The molecule has 6 heteroatoms. The zero-order chi connectivity index (χ0) is 41.2. The SMILES string of the molecule is c1ccc(-c2ccc(-c3nc(-c4cc5c(cc4-n4c6cccc7c8ccccc8c8cccc4c8c76)oc4ccccc45)nc(-c4cccc5oc6ccccc6c45)n3)cc2)cc1. The fraction of sp³-hybridized carbons (Fsp3) is 0. The summed E-state index contributed by atoms with van der Waals surface area (Å²) in [4.78, 5) is 16.2. The number of rotatable bonds is 5. The van der Waals surface area contributed by atoms with Gasteiger partial charge in [0.1, 0.15) is 22.3 Å². The largest absolute Gasteiger partial charge is 0.456 e. The second-order valence-corrected chi connectivity index (χ2v) is 16.3. The predicted octanol–water partition coefficient (Wildman–Crippen LogP) is 15.2. The lowest BCUT2D eigenvalue weighted by atomic mass is 9.95. The highest BCUT2D eigenvalue weighted by atomic mass is 16.3. The Labute approximate surface area is 359 Å². The summed E-state index contributed by atoms with van der Waals surface area (Å²) in [6.07, 6.45) is 0. The van der Waals surface area contributed by atoms with Crippen LogP contribution < -0.4 is 0 Å². The zero-order valence-corrected chi connectivity index (χ0v) is 33.6. The lowest BCUT2D eigenvalue weighted by Crippen LogP contribution is -2.04. The van der Waals surface area contributed by atoms with Crippen LogP contribution in [0.2, 0.25) is 0 Å².